The number of nitrogens with zero attached hydrogens (tertiary/aromatic N) is 1. The summed E-state index contributed by atoms with van der Waals surface area (Å²) in [5.41, 5.74) is 8.00. The Morgan fingerprint density at radius 2 is 2.07 bits per heavy atom. The summed E-state index contributed by atoms with van der Waals surface area (Å²) in [6.07, 6.45) is 1.65. The average molecular weight is 202 g/mol. The maximum Gasteiger partial charge on any atom is 0.134 e. The Kier molecular flexibility index (Phi) is 2.37. The van der Waals surface area contributed by atoms with Gasteiger partial charge in [-0.3, -0.25) is 4.98 Å². The zero-order chi connectivity index (χ0) is 10.8. The number of benzene rings is 1. The van der Waals surface area contributed by atoms with Gasteiger partial charge in [0, 0.05) is 17.4 Å². The fourth-order valence-corrected chi connectivity index (χ4v) is 1.49. The molecule has 2 N–H and O–H groups in total. The number of anilines is 1. The summed E-state index contributed by atoms with van der Waals surface area (Å²) in [7, 11) is 0. The number of halogens is 1. The van der Waals surface area contributed by atoms with E-state index in [1.807, 2.05) is 19.1 Å². The van der Waals surface area contributed by atoms with E-state index in [1.54, 1.807) is 18.3 Å². The smallest absolute Gasteiger partial charge is 0.134 e. The van der Waals surface area contributed by atoms with Gasteiger partial charge in [0.05, 0.1) is 5.69 Å². The molecule has 0 radical (unpaired) electrons. The first-order valence-electron chi connectivity index (χ1n) is 4.65. The number of aromatic nitrogens is 1. The summed E-state index contributed by atoms with van der Waals surface area (Å²) in [6.45, 7) is 1.90. The van der Waals surface area contributed by atoms with Gasteiger partial charge in [0.15, 0.2) is 0 Å². The molecule has 0 aliphatic rings. The van der Waals surface area contributed by atoms with E-state index in [-0.39, 0.29) is 5.82 Å². The van der Waals surface area contributed by atoms with Crippen molar-refractivity contribution in [2.24, 2.45) is 0 Å². The van der Waals surface area contributed by atoms with Crippen LogP contribution in [0, 0.1) is 12.7 Å². The molecule has 76 valence electrons. The maximum atomic E-state index is 13.6. The summed E-state index contributed by atoms with van der Waals surface area (Å²) in [5.74, 6) is -0.336. The first-order valence-corrected chi connectivity index (χ1v) is 4.65. The zero-order valence-electron chi connectivity index (χ0n) is 8.37. The first-order chi connectivity index (χ1) is 7.18. The van der Waals surface area contributed by atoms with E-state index in [0.717, 1.165) is 5.56 Å². The molecular weight excluding hydrogens is 191 g/mol. The summed E-state index contributed by atoms with van der Waals surface area (Å²) in [4.78, 5) is 4.16. The third-order valence-corrected chi connectivity index (χ3v) is 2.26. The van der Waals surface area contributed by atoms with Crippen LogP contribution in [0.2, 0.25) is 0 Å². The molecule has 0 atom stereocenters. The van der Waals surface area contributed by atoms with Crippen LogP contribution in [-0.2, 0) is 0 Å². The summed E-state index contributed by atoms with van der Waals surface area (Å²) < 4.78 is 13.6. The predicted molar refractivity (Wildman–Crippen MR) is 58.8 cm³/mol. The number of pyridine rings is 1. The van der Waals surface area contributed by atoms with Crippen LogP contribution in [0.5, 0.6) is 0 Å². The van der Waals surface area contributed by atoms with Crippen molar-refractivity contribution in [1.82, 2.24) is 4.98 Å². The van der Waals surface area contributed by atoms with Crippen LogP contribution in [0.3, 0.4) is 0 Å². The highest BCUT2D eigenvalue weighted by Gasteiger charge is 2.08. The van der Waals surface area contributed by atoms with E-state index >= 15 is 0 Å². The molecule has 0 amide bonds. The van der Waals surface area contributed by atoms with Gasteiger partial charge in [0.1, 0.15) is 5.82 Å². The lowest BCUT2D eigenvalue weighted by Crippen LogP contribution is -1.93. The fraction of sp³-hybridized carbons (Fsp3) is 0.0833. The van der Waals surface area contributed by atoms with Crippen molar-refractivity contribution in [1.29, 1.82) is 0 Å². The lowest BCUT2D eigenvalue weighted by atomic mass is 10.1. The van der Waals surface area contributed by atoms with E-state index in [4.69, 9.17) is 5.73 Å². The predicted octanol–water partition coefficient (Wildman–Crippen LogP) is 2.78. The highest BCUT2D eigenvalue weighted by molar-refractivity contribution is 5.65. The third kappa shape index (κ3) is 1.81. The molecule has 1 aromatic heterocycles. The Balaban J connectivity index is 2.60. The molecule has 0 aliphatic heterocycles. The molecule has 0 spiro atoms. The van der Waals surface area contributed by atoms with Crippen LogP contribution in [0.1, 0.15) is 5.56 Å². The number of aryl methyl sites for hydroxylation is 1. The molecule has 2 nitrogen and oxygen atoms in total. The van der Waals surface area contributed by atoms with E-state index in [9.17, 15) is 4.39 Å². The van der Waals surface area contributed by atoms with Gasteiger partial charge in [0.25, 0.3) is 0 Å². The molecule has 2 aromatic rings. The summed E-state index contributed by atoms with van der Waals surface area (Å²) in [5, 5.41) is 0. The van der Waals surface area contributed by atoms with Crippen molar-refractivity contribution < 1.29 is 4.39 Å². The van der Waals surface area contributed by atoms with Gasteiger partial charge in [-0.2, -0.15) is 0 Å². The second-order valence-electron chi connectivity index (χ2n) is 3.41. The van der Waals surface area contributed by atoms with Gasteiger partial charge in [-0.15, -0.1) is 0 Å². The minimum absolute atomic E-state index is 0.336. The Labute approximate surface area is 87.6 Å². The lowest BCUT2D eigenvalue weighted by Gasteiger charge is -2.06. The largest absolute Gasteiger partial charge is 0.399 e. The van der Waals surface area contributed by atoms with Gasteiger partial charge >= 0.3 is 0 Å². The lowest BCUT2D eigenvalue weighted by molar-refractivity contribution is 0.631. The van der Waals surface area contributed by atoms with Crippen LogP contribution < -0.4 is 5.73 Å². The SMILES string of the molecule is Cc1cccnc1-c1ccc(N)cc1F. The Hall–Kier alpha value is -1.90. The van der Waals surface area contributed by atoms with Crippen LogP contribution in [-0.4, -0.2) is 4.98 Å². The van der Waals surface area contributed by atoms with Gasteiger partial charge < -0.3 is 5.73 Å². The second kappa shape index (κ2) is 3.69. The Bertz CT molecular complexity index is 495. The van der Waals surface area contributed by atoms with Gasteiger partial charge in [-0.1, -0.05) is 6.07 Å². The van der Waals surface area contributed by atoms with Crippen LogP contribution in [0.15, 0.2) is 36.5 Å². The molecule has 0 unspecified atom stereocenters. The number of nitrogen functional groups attached to an aromatic ring is 1. The maximum absolute atomic E-state index is 13.6. The standard InChI is InChI=1S/C12H11FN2/c1-8-3-2-6-15-12(8)10-5-4-9(14)7-11(10)13/h2-7H,14H2,1H3. The number of hydrogen-bond donors (Lipinski definition) is 1. The second-order valence-corrected chi connectivity index (χ2v) is 3.41. The van der Waals surface area contributed by atoms with Gasteiger partial charge in [-0.05, 0) is 36.8 Å². The summed E-state index contributed by atoms with van der Waals surface area (Å²) >= 11 is 0. The number of rotatable bonds is 1. The normalized spacial score (nSPS) is 10.3. The molecule has 0 fully saturated rings. The van der Waals surface area contributed by atoms with Crippen molar-refractivity contribution in [2.75, 3.05) is 5.73 Å². The average Bonchev–Trinajstić information content (AvgIpc) is 2.20. The Morgan fingerprint density at radius 1 is 1.27 bits per heavy atom. The molecule has 0 saturated carbocycles. The minimum atomic E-state index is -0.336. The fourth-order valence-electron chi connectivity index (χ4n) is 1.49. The Morgan fingerprint density at radius 3 is 2.73 bits per heavy atom. The molecule has 1 aromatic carbocycles. The monoisotopic (exact) mass is 202 g/mol. The van der Waals surface area contributed by atoms with Crippen molar-refractivity contribution >= 4 is 5.69 Å². The van der Waals surface area contributed by atoms with Gasteiger partial charge in [-0.25, -0.2) is 4.39 Å². The highest BCUT2D eigenvalue weighted by atomic mass is 19.1. The molecule has 0 bridgehead atoms. The topological polar surface area (TPSA) is 38.9 Å². The molecule has 15 heavy (non-hydrogen) atoms. The first kappa shape index (κ1) is 9.65. The summed E-state index contributed by atoms with van der Waals surface area (Å²) in [6, 6.07) is 8.36. The quantitative estimate of drug-likeness (QED) is 0.722. The van der Waals surface area contributed by atoms with Crippen molar-refractivity contribution in [2.45, 2.75) is 6.92 Å². The van der Waals surface area contributed by atoms with E-state index in [2.05, 4.69) is 4.98 Å². The molecule has 1 heterocycles. The number of hydrogen-bond acceptors (Lipinski definition) is 2. The molecular formula is C12H11FN2. The molecule has 0 aliphatic carbocycles. The van der Waals surface area contributed by atoms with Crippen LogP contribution in [0.4, 0.5) is 10.1 Å². The molecule has 0 saturated heterocycles. The number of nitrogens with two attached hydrogens (primary N) is 1. The van der Waals surface area contributed by atoms with Crippen LogP contribution in [0.25, 0.3) is 11.3 Å². The zero-order valence-corrected chi connectivity index (χ0v) is 8.37. The van der Waals surface area contributed by atoms with E-state index < -0.39 is 0 Å². The molecule has 2 rings (SSSR count). The van der Waals surface area contributed by atoms with Crippen molar-refractivity contribution in [3.8, 4) is 11.3 Å². The van der Waals surface area contributed by atoms with E-state index in [0.29, 0.717) is 16.9 Å². The van der Waals surface area contributed by atoms with Crippen molar-refractivity contribution in [3.63, 3.8) is 0 Å². The van der Waals surface area contributed by atoms with Crippen molar-refractivity contribution in [3.05, 3.63) is 47.9 Å². The molecule has 3 heteroatoms. The minimum Gasteiger partial charge on any atom is -0.399 e. The van der Waals surface area contributed by atoms with E-state index in [1.165, 1.54) is 6.07 Å². The third-order valence-electron chi connectivity index (χ3n) is 2.26. The van der Waals surface area contributed by atoms with Crippen LogP contribution >= 0.6 is 0 Å². The highest BCUT2D eigenvalue weighted by Crippen LogP contribution is 2.24. The van der Waals surface area contributed by atoms with Gasteiger partial charge in [0.2, 0.25) is 0 Å².